The fraction of sp³-hybridized carbons (Fsp3) is 0.333. The van der Waals surface area contributed by atoms with Crippen LogP contribution in [0.2, 0.25) is 0 Å². The second-order valence-electron chi connectivity index (χ2n) is 3.85. The van der Waals surface area contributed by atoms with Crippen LogP contribution in [0.15, 0.2) is 21.4 Å². The molecule has 0 unspecified atom stereocenters. The number of rotatable bonds is 5. The molecule has 2 N–H and O–H groups in total. The maximum Gasteiger partial charge on any atom is 0.224 e. The lowest BCUT2D eigenvalue weighted by Gasteiger charge is -2.09. The Morgan fingerprint density at radius 3 is 2.83 bits per heavy atom. The van der Waals surface area contributed by atoms with Crippen LogP contribution in [0.4, 0.5) is 11.8 Å². The van der Waals surface area contributed by atoms with Crippen LogP contribution in [-0.2, 0) is 6.54 Å². The summed E-state index contributed by atoms with van der Waals surface area (Å²) in [5.41, 5.74) is 2.61. The maximum atomic E-state index is 4.41. The van der Waals surface area contributed by atoms with Gasteiger partial charge in [0, 0.05) is 19.3 Å². The summed E-state index contributed by atoms with van der Waals surface area (Å²) in [4.78, 5) is 8.60. The molecule has 0 radical (unpaired) electrons. The third kappa shape index (κ3) is 3.20. The highest BCUT2D eigenvalue weighted by atomic mass is 79.9. The fourth-order valence-corrected chi connectivity index (χ4v) is 2.67. The second kappa shape index (κ2) is 6.15. The van der Waals surface area contributed by atoms with E-state index in [4.69, 9.17) is 0 Å². The van der Waals surface area contributed by atoms with Crippen molar-refractivity contribution in [2.75, 3.05) is 17.2 Å². The van der Waals surface area contributed by atoms with Crippen molar-refractivity contribution in [2.24, 2.45) is 0 Å². The van der Waals surface area contributed by atoms with E-state index in [0.29, 0.717) is 5.95 Å². The van der Waals surface area contributed by atoms with Gasteiger partial charge in [0.25, 0.3) is 0 Å². The van der Waals surface area contributed by atoms with Crippen LogP contribution in [0.3, 0.4) is 0 Å². The minimum atomic E-state index is 0.644. The van der Waals surface area contributed by atoms with Gasteiger partial charge in [-0.15, -0.1) is 0 Å². The Hall–Kier alpha value is -1.14. The molecule has 2 aromatic heterocycles. The van der Waals surface area contributed by atoms with Crippen molar-refractivity contribution in [3.63, 3.8) is 0 Å². The minimum absolute atomic E-state index is 0.644. The molecule has 0 aliphatic rings. The third-order valence-corrected chi connectivity index (χ3v) is 3.98. The van der Waals surface area contributed by atoms with E-state index in [1.807, 2.05) is 6.92 Å². The molecule has 0 saturated carbocycles. The molecule has 0 aliphatic carbocycles. The lowest BCUT2D eigenvalue weighted by Crippen LogP contribution is -2.07. The molecule has 0 aromatic carbocycles. The number of hydrogen-bond donors (Lipinski definition) is 2. The van der Waals surface area contributed by atoms with E-state index < -0.39 is 0 Å². The lowest BCUT2D eigenvalue weighted by atomic mass is 10.2. The van der Waals surface area contributed by atoms with Crippen LogP contribution in [-0.4, -0.2) is 16.5 Å². The summed E-state index contributed by atoms with van der Waals surface area (Å²) in [5, 5.41) is 10.7. The molecule has 96 valence electrons. The average Bonchev–Trinajstić information content (AvgIpc) is 2.76. The molecule has 4 nitrogen and oxygen atoms in total. The molecule has 0 spiro atoms. The standard InChI is InChI=1S/C12H15BrN4S/c1-3-14-12-16-5-10(13)11(17-12)15-4-9-7-18-6-8(9)2/h5-7H,3-4H2,1-2H3,(H2,14,15,16,17). The van der Waals surface area contributed by atoms with E-state index in [1.54, 1.807) is 17.5 Å². The first kappa shape index (κ1) is 13.3. The number of hydrogen-bond acceptors (Lipinski definition) is 5. The highest BCUT2D eigenvalue weighted by Gasteiger charge is 2.05. The summed E-state index contributed by atoms with van der Waals surface area (Å²) < 4.78 is 0.872. The number of halogens is 1. The monoisotopic (exact) mass is 326 g/mol. The molecule has 0 bridgehead atoms. The Morgan fingerprint density at radius 1 is 1.33 bits per heavy atom. The van der Waals surface area contributed by atoms with Gasteiger partial charge >= 0.3 is 0 Å². The van der Waals surface area contributed by atoms with E-state index in [1.165, 1.54) is 11.1 Å². The van der Waals surface area contributed by atoms with Gasteiger partial charge in [-0.1, -0.05) is 0 Å². The summed E-state index contributed by atoms with van der Waals surface area (Å²) in [6.45, 7) is 5.72. The van der Waals surface area contributed by atoms with Crippen molar-refractivity contribution in [3.05, 3.63) is 32.6 Å². The first-order chi connectivity index (χ1) is 8.70. The van der Waals surface area contributed by atoms with Gasteiger partial charge in [-0.3, -0.25) is 0 Å². The van der Waals surface area contributed by atoms with E-state index in [-0.39, 0.29) is 0 Å². The lowest BCUT2D eigenvalue weighted by molar-refractivity contribution is 1.04. The fourth-order valence-electron chi connectivity index (χ4n) is 1.48. The van der Waals surface area contributed by atoms with Gasteiger partial charge in [0.05, 0.1) is 4.47 Å². The first-order valence-electron chi connectivity index (χ1n) is 5.72. The zero-order chi connectivity index (χ0) is 13.0. The van der Waals surface area contributed by atoms with Gasteiger partial charge in [-0.05, 0) is 51.7 Å². The van der Waals surface area contributed by atoms with Crippen LogP contribution in [0.5, 0.6) is 0 Å². The zero-order valence-electron chi connectivity index (χ0n) is 10.3. The molecule has 0 amide bonds. The molecule has 18 heavy (non-hydrogen) atoms. The van der Waals surface area contributed by atoms with Crippen molar-refractivity contribution in [1.82, 2.24) is 9.97 Å². The Labute approximate surface area is 119 Å². The summed E-state index contributed by atoms with van der Waals surface area (Å²) >= 11 is 5.17. The van der Waals surface area contributed by atoms with Crippen LogP contribution in [0.1, 0.15) is 18.1 Å². The van der Waals surface area contributed by atoms with Crippen molar-refractivity contribution in [3.8, 4) is 0 Å². The molecule has 0 aliphatic heterocycles. The summed E-state index contributed by atoms with van der Waals surface area (Å²) in [6, 6.07) is 0. The largest absolute Gasteiger partial charge is 0.365 e. The molecule has 2 aromatic rings. The molecule has 0 atom stereocenters. The number of anilines is 2. The molecule has 2 rings (SSSR count). The van der Waals surface area contributed by atoms with Gasteiger partial charge < -0.3 is 10.6 Å². The topological polar surface area (TPSA) is 49.8 Å². The van der Waals surface area contributed by atoms with Crippen molar-refractivity contribution in [2.45, 2.75) is 20.4 Å². The van der Waals surface area contributed by atoms with Gasteiger partial charge in [0.2, 0.25) is 5.95 Å². The molecule has 0 fully saturated rings. The second-order valence-corrected chi connectivity index (χ2v) is 5.45. The minimum Gasteiger partial charge on any atom is -0.365 e. The van der Waals surface area contributed by atoms with Crippen LogP contribution < -0.4 is 10.6 Å². The smallest absolute Gasteiger partial charge is 0.224 e. The number of thiophene rings is 1. The Balaban J connectivity index is 2.08. The van der Waals surface area contributed by atoms with Crippen LogP contribution >= 0.6 is 27.3 Å². The molecule has 2 heterocycles. The summed E-state index contributed by atoms with van der Waals surface area (Å²) in [7, 11) is 0. The zero-order valence-corrected chi connectivity index (χ0v) is 12.7. The quantitative estimate of drug-likeness (QED) is 0.880. The highest BCUT2D eigenvalue weighted by molar-refractivity contribution is 9.10. The van der Waals surface area contributed by atoms with E-state index in [2.05, 4.69) is 54.2 Å². The Kier molecular flexibility index (Phi) is 4.54. The first-order valence-corrected chi connectivity index (χ1v) is 7.46. The van der Waals surface area contributed by atoms with E-state index in [0.717, 1.165) is 23.4 Å². The normalized spacial score (nSPS) is 10.4. The number of aromatic nitrogens is 2. The maximum absolute atomic E-state index is 4.41. The van der Waals surface area contributed by atoms with Crippen molar-refractivity contribution in [1.29, 1.82) is 0 Å². The SMILES string of the molecule is CCNc1ncc(Br)c(NCc2cscc2C)n1. The molecular weight excluding hydrogens is 312 g/mol. The molecule has 6 heteroatoms. The van der Waals surface area contributed by atoms with Crippen molar-refractivity contribution >= 4 is 39.0 Å². The Morgan fingerprint density at radius 2 is 2.17 bits per heavy atom. The molecule has 0 saturated heterocycles. The van der Waals surface area contributed by atoms with Gasteiger partial charge in [-0.25, -0.2) is 4.98 Å². The molecular formula is C12H15BrN4S. The van der Waals surface area contributed by atoms with Crippen LogP contribution in [0, 0.1) is 6.92 Å². The predicted molar refractivity (Wildman–Crippen MR) is 80.3 cm³/mol. The van der Waals surface area contributed by atoms with Crippen LogP contribution in [0.25, 0.3) is 0 Å². The van der Waals surface area contributed by atoms with E-state index in [9.17, 15) is 0 Å². The highest BCUT2D eigenvalue weighted by Crippen LogP contribution is 2.22. The van der Waals surface area contributed by atoms with Crippen molar-refractivity contribution < 1.29 is 0 Å². The number of aryl methyl sites for hydroxylation is 1. The van der Waals surface area contributed by atoms with Gasteiger partial charge in [0.15, 0.2) is 0 Å². The summed E-state index contributed by atoms with van der Waals surface area (Å²) in [6.07, 6.45) is 1.76. The average molecular weight is 327 g/mol. The van der Waals surface area contributed by atoms with Gasteiger partial charge in [-0.2, -0.15) is 16.3 Å². The number of nitrogens with zero attached hydrogens (tertiary/aromatic N) is 2. The van der Waals surface area contributed by atoms with E-state index >= 15 is 0 Å². The third-order valence-electron chi connectivity index (χ3n) is 2.49. The Bertz CT molecular complexity index is 527. The van der Waals surface area contributed by atoms with Gasteiger partial charge in [0.1, 0.15) is 5.82 Å². The number of nitrogens with one attached hydrogen (secondary N) is 2. The predicted octanol–water partition coefficient (Wildman–Crippen LogP) is 3.65. The summed E-state index contributed by atoms with van der Waals surface area (Å²) in [5.74, 6) is 1.46.